The maximum Gasteiger partial charge on any atom is 0.247 e. The number of nitrogens with one attached hydrogen (secondary N) is 1. The molecular weight excluding hydrogens is 442 g/mol. The van der Waals surface area contributed by atoms with E-state index in [1.54, 1.807) is 16.7 Å². The average molecular weight is 478 g/mol. The molecule has 1 saturated carbocycles. The first-order valence-corrected chi connectivity index (χ1v) is 12.6. The van der Waals surface area contributed by atoms with Gasteiger partial charge in [0.1, 0.15) is 23.9 Å². The molecule has 1 aromatic heterocycles. The van der Waals surface area contributed by atoms with Gasteiger partial charge in [0.2, 0.25) is 11.8 Å². The van der Waals surface area contributed by atoms with Crippen LogP contribution in [-0.4, -0.2) is 51.4 Å². The molecule has 0 bridgehead atoms. The van der Waals surface area contributed by atoms with Gasteiger partial charge in [-0.2, -0.15) is 0 Å². The number of rotatable bonds is 10. The van der Waals surface area contributed by atoms with Crippen LogP contribution in [0.15, 0.2) is 48.5 Å². The smallest absolute Gasteiger partial charge is 0.247 e. The third-order valence-electron chi connectivity index (χ3n) is 6.72. The monoisotopic (exact) mass is 477 g/mol. The van der Waals surface area contributed by atoms with E-state index in [-0.39, 0.29) is 24.4 Å². The molecule has 186 valence electrons. The summed E-state index contributed by atoms with van der Waals surface area (Å²) in [6.45, 7) is 2.59. The molecule has 1 atom stereocenters. The molecule has 0 aliphatic heterocycles. The molecule has 0 unspecified atom stereocenters. The second kappa shape index (κ2) is 11.8. The first-order valence-electron chi connectivity index (χ1n) is 12.6. The summed E-state index contributed by atoms with van der Waals surface area (Å²) in [6, 6.07) is 14.4. The molecule has 2 amide bonds. The molecule has 1 fully saturated rings. The number of benzene rings is 2. The first kappa shape index (κ1) is 24.7. The van der Waals surface area contributed by atoms with Gasteiger partial charge in [0, 0.05) is 12.6 Å². The van der Waals surface area contributed by atoms with Crippen molar-refractivity contribution in [3.63, 3.8) is 0 Å². The third-order valence-corrected chi connectivity index (χ3v) is 6.72. The van der Waals surface area contributed by atoms with E-state index in [0.29, 0.717) is 12.3 Å². The number of hydrogen-bond acceptors (Lipinski definition) is 5. The summed E-state index contributed by atoms with van der Waals surface area (Å²) < 4.78 is 6.93. The summed E-state index contributed by atoms with van der Waals surface area (Å²) in [5.41, 5.74) is 2.30. The summed E-state index contributed by atoms with van der Waals surface area (Å²) in [5, 5.41) is 11.6. The fourth-order valence-electron chi connectivity index (χ4n) is 4.77. The molecule has 8 nitrogen and oxygen atoms in total. The number of nitrogens with zero attached hydrogens (tertiary/aromatic N) is 4. The van der Waals surface area contributed by atoms with Crippen molar-refractivity contribution in [2.45, 2.75) is 70.5 Å². The molecule has 1 aliphatic carbocycles. The Morgan fingerprint density at radius 1 is 1.11 bits per heavy atom. The van der Waals surface area contributed by atoms with Gasteiger partial charge < -0.3 is 15.0 Å². The van der Waals surface area contributed by atoms with Crippen LogP contribution in [0, 0.1) is 0 Å². The molecule has 1 aliphatic rings. The van der Waals surface area contributed by atoms with Crippen molar-refractivity contribution in [2.24, 2.45) is 0 Å². The summed E-state index contributed by atoms with van der Waals surface area (Å²) in [6.07, 6.45) is 7.12. The highest BCUT2D eigenvalue weighted by molar-refractivity contribution is 5.89. The van der Waals surface area contributed by atoms with Gasteiger partial charge in [-0.25, -0.2) is 4.68 Å². The van der Waals surface area contributed by atoms with Crippen LogP contribution in [0.1, 0.15) is 63.5 Å². The summed E-state index contributed by atoms with van der Waals surface area (Å²) in [7, 11) is 1.61. The van der Waals surface area contributed by atoms with Crippen molar-refractivity contribution in [2.75, 3.05) is 13.7 Å². The minimum atomic E-state index is -0.725. The Kier molecular flexibility index (Phi) is 8.34. The number of unbranched alkanes of at least 4 members (excludes halogenated alkanes) is 1. The van der Waals surface area contributed by atoms with E-state index in [2.05, 4.69) is 22.6 Å². The number of aromatic nitrogens is 3. The lowest BCUT2D eigenvalue weighted by Gasteiger charge is -2.33. The fraction of sp³-hybridized carbons (Fsp3) is 0.481. The summed E-state index contributed by atoms with van der Waals surface area (Å²) >= 11 is 0. The van der Waals surface area contributed by atoms with Gasteiger partial charge in [-0.05, 0) is 49.1 Å². The lowest BCUT2D eigenvalue weighted by molar-refractivity contribution is -0.142. The van der Waals surface area contributed by atoms with E-state index >= 15 is 0 Å². The molecule has 1 heterocycles. The van der Waals surface area contributed by atoms with Crippen molar-refractivity contribution in [3.05, 3.63) is 54.1 Å². The van der Waals surface area contributed by atoms with Crippen LogP contribution in [0.25, 0.3) is 11.0 Å². The van der Waals surface area contributed by atoms with Crippen molar-refractivity contribution in [1.29, 1.82) is 0 Å². The van der Waals surface area contributed by atoms with Crippen molar-refractivity contribution >= 4 is 22.8 Å². The van der Waals surface area contributed by atoms with Crippen LogP contribution >= 0.6 is 0 Å². The summed E-state index contributed by atoms with van der Waals surface area (Å²) in [4.78, 5) is 29.2. The van der Waals surface area contributed by atoms with Crippen molar-refractivity contribution < 1.29 is 14.3 Å². The number of carbonyl (C=O) groups excluding carboxylic acids is 2. The molecule has 0 saturated heterocycles. The number of fused-ring (bicyclic) bond motifs is 1. The Bertz CT molecular complexity index is 1120. The normalized spacial score (nSPS) is 15.0. The van der Waals surface area contributed by atoms with E-state index in [9.17, 15) is 9.59 Å². The predicted octanol–water partition coefficient (Wildman–Crippen LogP) is 4.26. The Labute approximate surface area is 206 Å². The second-order valence-electron chi connectivity index (χ2n) is 9.20. The number of para-hydroxylation sites is 1. The van der Waals surface area contributed by atoms with E-state index in [1.807, 2.05) is 48.5 Å². The molecule has 0 radical (unpaired) electrons. The number of carbonyl (C=O) groups is 2. The van der Waals surface area contributed by atoms with E-state index in [0.717, 1.165) is 55.1 Å². The summed E-state index contributed by atoms with van der Waals surface area (Å²) in [5.74, 6) is 0.421. The standard InChI is InChI=1S/C27H35N5O3/c1-3-4-18-31(25(33)19-32-24-13-9-8-12-23(24)29-30-32)26(20-14-16-22(35-2)17-15-20)27(34)28-21-10-6-5-7-11-21/h8-9,12-17,21,26H,3-7,10-11,18-19H2,1-2H3,(H,28,34)/t26-/m1/s1. The zero-order valence-corrected chi connectivity index (χ0v) is 20.7. The topological polar surface area (TPSA) is 89.4 Å². The van der Waals surface area contributed by atoms with Gasteiger partial charge in [0.05, 0.1) is 12.6 Å². The van der Waals surface area contributed by atoms with Crippen LogP contribution in [0.2, 0.25) is 0 Å². The molecule has 0 spiro atoms. The van der Waals surface area contributed by atoms with Crippen LogP contribution < -0.4 is 10.1 Å². The minimum absolute atomic E-state index is 0.0214. The molecule has 3 aromatic rings. The second-order valence-corrected chi connectivity index (χ2v) is 9.20. The highest BCUT2D eigenvalue weighted by Crippen LogP contribution is 2.27. The number of ether oxygens (including phenoxy) is 1. The van der Waals surface area contributed by atoms with Gasteiger partial charge in [-0.3, -0.25) is 9.59 Å². The zero-order valence-electron chi connectivity index (χ0n) is 20.7. The number of amides is 2. The van der Waals surface area contributed by atoms with Gasteiger partial charge in [0.15, 0.2) is 0 Å². The number of hydrogen-bond donors (Lipinski definition) is 1. The highest BCUT2D eigenvalue weighted by atomic mass is 16.5. The van der Waals surface area contributed by atoms with Gasteiger partial charge in [0.25, 0.3) is 0 Å². The van der Waals surface area contributed by atoms with Crippen molar-refractivity contribution in [3.8, 4) is 5.75 Å². The first-order chi connectivity index (χ1) is 17.1. The van der Waals surface area contributed by atoms with Gasteiger partial charge in [-0.1, -0.05) is 62.1 Å². The largest absolute Gasteiger partial charge is 0.497 e. The van der Waals surface area contributed by atoms with Crippen LogP contribution in [-0.2, 0) is 16.1 Å². The van der Waals surface area contributed by atoms with Crippen LogP contribution in [0.3, 0.4) is 0 Å². The highest BCUT2D eigenvalue weighted by Gasteiger charge is 2.33. The predicted molar refractivity (Wildman–Crippen MR) is 135 cm³/mol. The van der Waals surface area contributed by atoms with E-state index in [4.69, 9.17) is 4.74 Å². The Morgan fingerprint density at radius 3 is 2.57 bits per heavy atom. The molecule has 2 aromatic carbocycles. The Balaban J connectivity index is 1.64. The molecule has 1 N–H and O–H groups in total. The quantitative estimate of drug-likeness (QED) is 0.471. The number of methoxy groups -OCH3 is 1. The van der Waals surface area contributed by atoms with Crippen molar-refractivity contribution in [1.82, 2.24) is 25.2 Å². The molecule has 4 rings (SSSR count). The third kappa shape index (κ3) is 5.99. The fourth-order valence-corrected chi connectivity index (χ4v) is 4.77. The molecular formula is C27H35N5O3. The molecule has 35 heavy (non-hydrogen) atoms. The zero-order chi connectivity index (χ0) is 24.6. The Morgan fingerprint density at radius 2 is 1.86 bits per heavy atom. The van der Waals surface area contributed by atoms with Gasteiger partial charge in [-0.15, -0.1) is 5.10 Å². The van der Waals surface area contributed by atoms with Crippen LogP contribution in [0.4, 0.5) is 0 Å². The SMILES string of the molecule is CCCCN(C(=O)Cn1nnc2ccccc21)[C@@H](C(=O)NC1CCCCC1)c1ccc(OC)cc1. The Hall–Kier alpha value is -3.42. The average Bonchev–Trinajstić information content (AvgIpc) is 3.30. The van der Waals surface area contributed by atoms with E-state index in [1.165, 1.54) is 6.42 Å². The maximum absolute atomic E-state index is 13.7. The lowest BCUT2D eigenvalue weighted by Crippen LogP contribution is -2.48. The van der Waals surface area contributed by atoms with E-state index < -0.39 is 6.04 Å². The van der Waals surface area contributed by atoms with Crippen LogP contribution in [0.5, 0.6) is 5.75 Å². The maximum atomic E-state index is 13.7. The lowest BCUT2D eigenvalue weighted by atomic mass is 9.94. The van der Waals surface area contributed by atoms with Gasteiger partial charge >= 0.3 is 0 Å². The minimum Gasteiger partial charge on any atom is -0.497 e. The molecule has 8 heteroatoms.